The van der Waals surface area contributed by atoms with Crippen molar-refractivity contribution in [2.45, 2.75) is 13.8 Å². The number of piperazine rings is 1. The van der Waals surface area contributed by atoms with Crippen molar-refractivity contribution in [2.24, 2.45) is 5.41 Å². The fourth-order valence-electron chi connectivity index (χ4n) is 1.77. The number of methoxy groups -OCH3 is 1. The molecule has 1 saturated heterocycles. The highest BCUT2D eigenvalue weighted by molar-refractivity contribution is 5.85. The van der Waals surface area contributed by atoms with Gasteiger partial charge in [0.2, 0.25) is 0 Å². The van der Waals surface area contributed by atoms with Crippen LogP contribution in [0.2, 0.25) is 0 Å². The van der Waals surface area contributed by atoms with Crippen molar-refractivity contribution in [3.63, 3.8) is 0 Å². The summed E-state index contributed by atoms with van der Waals surface area (Å²) in [7, 11) is 1.45. The summed E-state index contributed by atoms with van der Waals surface area (Å²) in [5, 5.41) is 3.29. The second kappa shape index (κ2) is 6.30. The molecule has 5 heteroatoms. The quantitative estimate of drug-likeness (QED) is 0.726. The molecule has 0 bridgehead atoms. The van der Waals surface area contributed by atoms with E-state index in [1.165, 1.54) is 7.11 Å². The molecule has 15 heavy (non-hydrogen) atoms. The molecular formula is C10H21ClN2O2. The zero-order valence-corrected chi connectivity index (χ0v) is 10.5. The summed E-state index contributed by atoms with van der Waals surface area (Å²) in [4.78, 5) is 13.7. The molecule has 1 aliphatic rings. The van der Waals surface area contributed by atoms with Crippen molar-refractivity contribution in [1.29, 1.82) is 0 Å². The van der Waals surface area contributed by atoms with Crippen molar-refractivity contribution in [3.8, 4) is 0 Å². The molecule has 0 aromatic carbocycles. The number of nitrogens with one attached hydrogen (secondary N) is 1. The Morgan fingerprint density at radius 1 is 1.40 bits per heavy atom. The monoisotopic (exact) mass is 236 g/mol. The van der Waals surface area contributed by atoms with Gasteiger partial charge in [-0.3, -0.25) is 9.69 Å². The van der Waals surface area contributed by atoms with Crippen LogP contribution in [0.3, 0.4) is 0 Å². The number of hydrogen-bond acceptors (Lipinski definition) is 4. The van der Waals surface area contributed by atoms with Crippen LogP contribution in [-0.4, -0.2) is 50.7 Å². The van der Waals surface area contributed by atoms with Crippen molar-refractivity contribution in [1.82, 2.24) is 10.2 Å². The summed E-state index contributed by atoms with van der Waals surface area (Å²) in [5.74, 6) is -0.129. The third-order valence-corrected chi connectivity index (χ3v) is 2.57. The lowest BCUT2D eigenvalue weighted by Gasteiger charge is -2.33. The lowest BCUT2D eigenvalue weighted by molar-refractivity contribution is -0.151. The van der Waals surface area contributed by atoms with Gasteiger partial charge in [0.25, 0.3) is 0 Å². The molecule has 0 unspecified atom stereocenters. The highest BCUT2D eigenvalue weighted by atomic mass is 35.5. The summed E-state index contributed by atoms with van der Waals surface area (Å²) in [6.45, 7) is 8.69. The molecular weight excluding hydrogens is 216 g/mol. The molecule has 1 fully saturated rings. The van der Waals surface area contributed by atoms with E-state index in [-0.39, 0.29) is 18.4 Å². The van der Waals surface area contributed by atoms with Gasteiger partial charge in [0.15, 0.2) is 0 Å². The van der Waals surface area contributed by atoms with Crippen LogP contribution in [0.5, 0.6) is 0 Å². The van der Waals surface area contributed by atoms with Gasteiger partial charge in [-0.1, -0.05) is 0 Å². The van der Waals surface area contributed by atoms with Crippen LogP contribution < -0.4 is 5.32 Å². The van der Waals surface area contributed by atoms with Crippen LogP contribution >= 0.6 is 12.4 Å². The Hall–Kier alpha value is -0.320. The smallest absolute Gasteiger partial charge is 0.312 e. The van der Waals surface area contributed by atoms with E-state index in [0.717, 1.165) is 32.7 Å². The number of halogens is 1. The summed E-state index contributed by atoms with van der Waals surface area (Å²) >= 11 is 0. The first-order valence-corrected chi connectivity index (χ1v) is 5.08. The SMILES string of the molecule is COC(=O)C(C)(C)CN1CCNCC1.Cl. The lowest BCUT2D eigenvalue weighted by atomic mass is 9.93. The van der Waals surface area contributed by atoms with E-state index in [9.17, 15) is 4.79 Å². The maximum absolute atomic E-state index is 11.4. The van der Waals surface area contributed by atoms with Gasteiger partial charge in [-0.25, -0.2) is 0 Å². The highest BCUT2D eigenvalue weighted by Gasteiger charge is 2.31. The fraction of sp³-hybridized carbons (Fsp3) is 0.900. The van der Waals surface area contributed by atoms with E-state index in [1.807, 2.05) is 13.8 Å². The number of carbonyl (C=O) groups excluding carboxylic acids is 1. The number of esters is 1. The van der Waals surface area contributed by atoms with E-state index >= 15 is 0 Å². The minimum atomic E-state index is -0.397. The van der Waals surface area contributed by atoms with Crippen LogP contribution in [0.4, 0.5) is 0 Å². The molecule has 90 valence electrons. The number of nitrogens with zero attached hydrogens (tertiary/aromatic N) is 1. The topological polar surface area (TPSA) is 41.6 Å². The highest BCUT2D eigenvalue weighted by Crippen LogP contribution is 2.18. The number of hydrogen-bond donors (Lipinski definition) is 1. The molecule has 0 atom stereocenters. The van der Waals surface area contributed by atoms with Crippen molar-refractivity contribution in [3.05, 3.63) is 0 Å². The van der Waals surface area contributed by atoms with Crippen molar-refractivity contribution >= 4 is 18.4 Å². The molecule has 1 N–H and O–H groups in total. The van der Waals surface area contributed by atoms with Gasteiger partial charge < -0.3 is 10.1 Å². The predicted octanol–water partition coefficient (Wildman–Crippen LogP) is 0.513. The minimum Gasteiger partial charge on any atom is -0.469 e. The Balaban J connectivity index is 0.00000196. The molecule has 0 radical (unpaired) electrons. The van der Waals surface area contributed by atoms with E-state index in [1.54, 1.807) is 0 Å². The molecule has 1 heterocycles. The van der Waals surface area contributed by atoms with Crippen LogP contribution in [0.15, 0.2) is 0 Å². The predicted molar refractivity (Wildman–Crippen MR) is 62.4 cm³/mol. The Labute approximate surface area is 97.8 Å². The third-order valence-electron chi connectivity index (χ3n) is 2.57. The van der Waals surface area contributed by atoms with Crippen LogP contribution in [0.1, 0.15) is 13.8 Å². The zero-order chi connectivity index (χ0) is 10.6. The van der Waals surface area contributed by atoms with Crippen molar-refractivity contribution < 1.29 is 9.53 Å². The molecule has 0 spiro atoms. The van der Waals surface area contributed by atoms with Gasteiger partial charge in [-0.05, 0) is 13.8 Å². The molecule has 0 aromatic rings. The molecule has 0 amide bonds. The van der Waals surface area contributed by atoms with E-state index in [4.69, 9.17) is 4.74 Å². The van der Waals surface area contributed by atoms with Crippen LogP contribution in [-0.2, 0) is 9.53 Å². The van der Waals surface area contributed by atoms with E-state index in [2.05, 4.69) is 10.2 Å². The maximum atomic E-state index is 11.4. The van der Waals surface area contributed by atoms with E-state index < -0.39 is 5.41 Å². The summed E-state index contributed by atoms with van der Waals surface area (Å²) in [6, 6.07) is 0. The number of carbonyl (C=O) groups is 1. The lowest BCUT2D eigenvalue weighted by Crippen LogP contribution is -2.48. The largest absolute Gasteiger partial charge is 0.469 e. The molecule has 1 rings (SSSR count). The minimum absolute atomic E-state index is 0. The first kappa shape index (κ1) is 14.7. The molecule has 0 saturated carbocycles. The third kappa shape index (κ3) is 4.36. The van der Waals surface area contributed by atoms with Gasteiger partial charge in [0.1, 0.15) is 0 Å². The molecule has 0 aromatic heterocycles. The first-order valence-electron chi connectivity index (χ1n) is 5.08. The average Bonchev–Trinajstić information content (AvgIpc) is 2.17. The zero-order valence-electron chi connectivity index (χ0n) is 9.71. The van der Waals surface area contributed by atoms with Gasteiger partial charge in [0.05, 0.1) is 12.5 Å². The summed E-state index contributed by atoms with van der Waals surface area (Å²) in [6.07, 6.45) is 0. The second-order valence-corrected chi connectivity index (χ2v) is 4.40. The number of rotatable bonds is 3. The average molecular weight is 237 g/mol. The second-order valence-electron chi connectivity index (χ2n) is 4.40. The maximum Gasteiger partial charge on any atom is 0.312 e. The normalized spacial score (nSPS) is 18.1. The van der Waals surface area contributed by atoms with Gasteiger partial charge in [-0.2, -0.15) is 0 Å². The number of ether oxygens (including phenoxy) is 1. The summed E-state index contributed by atoms with van der Waals surface area (Å²) in [5.41, 5.74) is -0.397. The molecule has 1 aliphatic heterocycles. The van der Waals surface area contributed by atoms with Gasteiger partial charge >= 0.3 is 5.97 Å². The Kier molecular flexibility index (Phi) is 6.17. The van der Waals surface area contributed by atoms with Crippen LogP contribution in [0, 0.1) is 5.41 Å². The van der Waals surface area contributed by atoms with Gasteiger partial charge in [0, 0.05) is 32.7 Å². The van der Waals surface area contributed by atoms with E-state index in [0.29, 0.717) is 0 Å². The first-order chi connectivity index (χ1) is 6.56. The molecule has 4 nitrogen and oxygen atoms in total. The Morgan fingerprint density at radius 3 is 2.40 bits per heavy atom. The fourth-order valence-corrected chi connectivity index (χ4v) is 1.77. The standard InChI is InChI=1S/C10H20N2O2.ClH/c1-10(2,9(13)14-3)8-12-6-4-11-5-7-12;/h11H,4-8H2,1-3H3;1H. The van der Waals surface area contributed by atoms with Gasteiger partial charge in [-0.15, -0.1) is 12.4 Å². The Bertz CT molecular complexity index is 204. The summed E-state index contributed by atoms with van der Waals surface area (Å²) < 4.78 is 4.78. The molecule has 0 aliphatic carbocycles. The van der Waals surface area contributed by atoms with Crippen molar-refractivity contribution in [2.75, 3.05) is 39.8 Å². The Morgan fingerprint density at radius 2 is 1.93 bits per heavy atom. The van der Waals surface area contributed by atoms with Crippen LogP contribution in [0.25, 0.3) is 0 Å².